The number of hydrogen-bond acceptors (Lipinski definition) is 6. The number of H-pyrrole nitrogens is 1. The van der Waals surface area contributed by atoms with Gasteiger partial charge >= 0.3 is 0 Å². The highest BCUT2D eigenvalue weighted by molar-refractivity contribution is 5.76. The second-order valence-electron chi connectivity index (χ2n) is 9.94. The summed E-state index contributed by atoms with van der Waals surface area (Å²) in [7, 11) is 0. The summed E-state index contributed by atoms with van der Waals surface area (Å²) in [6.45, 7) is 3.19. The van der Waals surface area contributed by atoms with Crippen LogP contribution in [0.15, 0.2) is 42.6 Å². The second-order valence-corrected chi connectivity index (χ2v) is 9.94. The standard InChI is InChI=1S/C28H36N8/c1-2-3-7-19-36-26(30-25(33-36)17-14-21-9-5-4-6-10-21)20-22-12-15-23(16-13-22)27-24(11-8-18-29-27)28-31-34-35-32-28/h8,11-13,15-16,18,21H,2-7,9-10,14,17,19-20H2,1H3,(H,31,32,34,35). The highest BCUT2D eigenvalue weighted by Crippen LogP contribution is 2.29. The van der Waals surface area contributed by atoms with Gasteiger partial charge in [-0.2, -0.15) is 5.10 Å². The molecule has 4 aromatic rings. The molecule has 8 heteroatoms. The van der Waals surface area contributed by atoms with Gasteiger partial charge in [-0.25, -0.2) is 14.8 Å². The molecule has 1 aliphatic rings. The van der Waals surface area contributed by atoms with Gasteiger partial charge < -0.3 is 0 Å². The molecule has 0 radical (unpaired) electrons. The number of aryl methyl sites for hydroxylation is 2. The van der Waals surface area contributed by atoms with Gasteiger partial charge in [0.2, 0.25) is 0 Å². The third-order valence-electron chi connectivity index (χ3n) is 7.26. The molecule has 0 atom stereocenters. The maximum absolute atomic E-state index is 5.01. The smallest absolute Gasteiger partial charge is 0.181 e. The van der Waals surface area contributed by atoms with Crippen LogP contribution in [0.3, 0.4) is 0 Å². The lowest BCUT2D eigenvalue weighted by molar-refractivity contribution is 0.337. The van der Waals surface area contributed by atoms with Gasteiger partial charge in [-0.05, 0) is 46.9 Å². The van der Waals surface area contributed by atoms with Crippen molar-refractivity contribution < 1.29 is 0 Å². The van der Waals surface area contributed by atoms with E-state index in [0.717, 1.165) is 60.2 Å². The van der Waals surface area contributed by atoms with Crippen LogP contribution < -0.4 is 0 Å². The number of pyridine rings is 1. The topological polar surface area (TPSA) is 98.1 Å². The Morgan fingerprint density at radius 1 is 1.03 bits per heavy atom. The molecular formula is C28H36N8. The Balaban J connectivity index is 1.31. The maximum atomic E-state index is 5.01. The molecule has 1 N–H and O–H groups in total. The van der Waals surface area contributed by atoms with Crippen molar-refractivity contribution >= 4 is 0 Å². The van der Waals surface area contributed by atoms with E-state index in [1.54, 1.807) is 6.20 Å². The predicted molar refractivity (Wildman–Crippen MR) is 140 cm³/mol. The Labute approximate surface area is 213 Å². The Bertz CT molecular complexity index is 1210. The van der Waals surface area contributed by atoms with Gasteiger partial charge in [0.05, 0.1) is 5.69 Å². The Kier molecular flexibility index (Phi) is 8.10. The fourth-order valence-corrected chi connectivity index (χ4v) is 5.23. The fraction of sp³-hybridized carbons (Fsp3) is 0.500. The number of aromatic nitrogens is 8. The summed E-state index contributed by atoms with van der Waals surface area (Å²) in [5.74, 6) is 3.56. The summed E-state index contributed by atoms with van der Waals surface area (Å²) < 4.78 is 2.16. The number of nitrogens with zero attached hydrogens (tertiary/aromatic N) is 7. The number of nitrogens with one attached hydrogen (secondary N) is 1. The molecule has 0 bridgehead atoms. The van der Waals surface area contributed by atoms with Crippen molar-refractivity contribution in [3.05, 3.63) is 59.8 Å². The normalized spacial score (nSPS) is 14.4. The fourth-order valence-electron chi connectivity index (χ4n) is 5.23. The zero-order valence-electron chi connectivity index (χ0n) is 21.2. The molecular weight excluding hydrogens is 448 g/mol. The van der Waals surface area contributed by atoms with Crippen molar-refractivity contribution in [1.82, 2.24) is 40.4 Å². The van der Waals surface area contributed by atoms with E-state index in [1.807, 2.05) is 12.1 Å². The SMILES string of the molecule is CCCCCn1nc(CCC2CCCCC2)nc1Cc1ccc(-c2ncccc2-c2nnn[nH]2)cc1. The molecule has 3 heterocycles. The molecule has 0 saturated heterocycles. The van der Waals surface area contributed by atoms with E-state index in [0.29, 0.717) is 5.82 Å². The summed E-state index contributed by atoms with van der Waals surface area (Å²) >= 11 is 0. The highest BCUT2D eigenvalue weighted by atomic mass is 15.5. The first-order valence-electron chi connectivity index (χ1n) is 13.5. The van der Waals surface area contributed by atoms with Crippen LogP contribution in [-0.4, -0.2) is 40.4 Å². The van der Waals surface area contributed by atoms with Crippen molar-refractivity contribution in [2.45, 2.75) is 84.1 Å². The van der Waals surface area contributed by atoms with E-state index < -0.39 is 0 Å². The quantitative estimate of drug-likeness (QED) is 0.270. The van der Waals surface area contributed by atoms with Crippen molar-refractivity contribution in [3.8, 4) is 22.6 Å². The average Bonchev–Trinajstić information content (AvgIpc) is 3.59. The molecule has 1 aromatic carbocycles. The lowest BCUT2D eigenvalue weighted by atomic mass is 9.86. The molecule has 3 aromatic heterocycles. The number of aromatic amines is 1. The first kappa shape index (κ1) is 24.3. The van der Waals surface area contributed by atoms with Gasteiger partial charge in [0.15, 0.2) is 11.6 Å². The first-order valence-corrected chi connectivity index (χ1v) is 13.5. The largest absolute Gasteiger partial charge is 0.255 e. The Morgan fingerprint density at radius 3 is 2.67 bits per heavy atom. The van der Waals surface area contributed by atoms with Crippen molar-refractivity contribution in [3.63, 3.8) is 0 Å². The van der Waals surface area contributed by atoms with Gasteiger partial charge in [0.1, 0.15) is 5.82 Å². The van der Waals surface area contributed by atoms with Crippen LogP contribution in [0.2, 0.25) is 0 Å². The van der Waals surface area contributed by atoms with Crippen LogP contribution in [0.4, 0.5) is 0 Å². The molecule has 1 saturated carbocycles. The van der Waals surface area contributed by atoms with Crippen LogP contribution in [0.25, 0.3) is 22.6 Å². The molecule has 5 rings (SSSR count). The zero-order chi connectivity index (χ0) is 24.6. The lowest BCUT2D eigenvalue weighted by Gasteiger charge is -2.20. The van der Waals surface area contributed by atoms with Gasteiger partial charge in [-0.15, -0.1) is 5.10 Å². The molecule has 8 nitrogen and oxygen atoms in total. The average molecular weight is 485 g/mol. The van der Waals surface area contributed by atoms with E-state index in [1.165, 1.54) is 56.9 Å². The van der Waals surface area contributed by atoms with E-state index in [2.05, 4.69) is 61.5 Å². The van der Waals surface area contributed by atoms with Crippen LogP contribution in [0, 0.1) is 5.92 Å². The molecule has 1 fully saturated rings. The molecule has 0 aliphatic heterocycles. The number of hydrogen-bond donors (Lipinski definition) is 1. The Hall–Kier alpha value is -3.42. The monoisotopic (exact) mass is 484 g/mol. The van der Waals surface area contributed by atoms with Gasteiger partial charge in [-0.3, -0.25) is 4.98 Å². The van der Waals surface area contributed by atoms with Gasteiger partial charge in [0.25, 0.3) is 0 Å². The lowest BCUT2D eigenvalue weighted by Crippen LogP contribution is -2.08. The third-order valence-corrected chi connectivity index (χ3v) is 7.26. The van der Waals surface area contributed by atoms with Crippen molar-refractivity contribution in [1.29, 1.82) is 0 Å². The molecule has 0 spiro atoms. The highest BCUT2D eigenvalue weighted by Gasteiger charge is 2.17. The second kappa shape index (κ2) is 12.0. The number of rotatable bonds is 11. The number of tetrazole rings is 1. The third kappa shape index (κ3) is 6.04. The molecule has 0 unspecified atom stereocenters. The minimum Gasteiger partial charge on any atom is -0.255 e. The van der Waals surface area contributed by atoms with Crippen LogP contribution in [0.5, 0.6) is 0 Å². The van der Waals surface area contributed by atoms with E-state index in [9.17, 15) is 0 Å². The Morgan fingerprint density at radius 2 is 1.89 bits per heavy atom. The molecule has 0 amide bonds. The summed E-state index contributed by atoms with van der Waals surface area (Å²) in [4.78, 5) is 9.61. The first-order chi connectivity index (χ1) is 17.8. The maximum Gasteiger partial charge on any atom is 0.181 e. The van der Waals surface area contributed by atoms with E-state index >= 15 is 0 Å². The molecule has 36 heavy (non-hydrogen) atoms. The van der Waals surface area contributed by atoms with E-state index in [-0.39, 0.29) is 0 Å². The van der Waals surface area contributed by atoms with Crippen LogP contribution in [-0.2, 0) is 19.4 Å². The van der Waals surface area contributed by atoms with Crippen LogP contribution in [0.1, 0.15) is 81.9 Å². The minimum absolute atomic E-state index is 0.614. The summed E-state index contributed by atoms with van der Waals surface area (Å²) in [6, 6.07) is 12.4. The predicted octanol–water partition coefficient (Wildman–Crippen LogP) is 5.81. The van der Waals surface area contributed by atoms with Crippen molar-refractivity contribution in [2.75, 3.05) is 0 Å². The summed E-state index contributed by atoms with van der Waals surface area (Å²) in [5.41, 5.74) is 3.99. The van der Waals surface area contributed by atoms with Crippen molar-refractivity contribution in [2.24, 2.45) is 5.92 Å². The minimum atomic E-state index is 0.614. The molecule has 1 aliphatic carbocycles. The number of benzene rings is 1. The summed E-state index contributed by atoms with van der Waals surface area (Å²) in [6.07, 6.45) is 15.3. The van der Waals surface area contributed by atoms with Gasteiger partial charge in [-0.1, -0.05) is 76.1 Å². The van der Waals surface area contributed by atoms with Crippen LogP contribution >= 0.6 is 0 Å². The van der Waals surface area contributed by atoms with E-state index in [4.69, 9.17) is 10.1 Å². The van der Waals surface area contributed by atoms with Gasteiger partial charge in [0, 0.05) is 36.7 Å². The molecule has 188 valence electrons. The number of unbranched alkanes of at least 4 members (excludes halogenated alkanes) is 2. The summed E-state index contributed by atoms with van der Waals surface area (Å²) in [5, 5.41) is 19.3. The zero-order valence-corrected chi connectivity index (χ0v) is 21.2.